The third-order valence-corrected chi connectivity index (χ3v) is 3.64. The van der Waals surface area contributed by atoms with Gasteiger partial charge >= 0.3 is 0 Å². The van der Waals surface area contributed by atoms with Gasteiger partial charge in [0.1, 0.15) is 0 Å². The molecule has 88 valence electrons. The van der Waals surface area contributed by atoms with Crippen molar-refractivity contribution in [3.05, 3.63) is 22.6 Å². The summed E-state index contributed by atoms with van der Waals surface area (Å²) >= 11 is -1.91. The second kappa shape index (κ2) is 4.51. The van der Waals surface area contributed by atoms with E-state index in [-0.39, 0.29) is 11.8 Å². The van der Waals surface area contributed by atoms with Crippen LogP contribution in [0.2, 0.25) is 0 Å². The Balaban J connectivity index is 2.08. The maximum Gasteiger partial charge on any atom is 0.247 e. The van der Waals surface area contributed by atoms with Gasteiger partial charge in [-0.25, -0.2) is 4.21 Å². The summed E-state index contributed by atoms with van der Waals surface area (Å²) in [5.74, 6) is -0.0242. The lowest BCUT2D eigenvalue weighted by Gasteiger charge is -2.19. The summed E-state index contributed by atoms with van der Waals surface area (Å²) in [4.78, 5) is 12.3. The minimum Gasteiger partial charge on any atom is -0.350 e. The lowest BCUT2D eigenvalue weighted by atomic mass is 9.92. The summed E-state index contributed by atoms with van der Waals surface area (Å²) in [6, 6.07) is 0.345. The van der Waals surface area contributed by atoms with E-state index in [1.54, 1.807) is 12.2 Å². The number of hydrogen-bond donors (Lipinski definition) is 2. The van der Waals surface area contributed by atoms with E-state index < -0.39 is 11.1 Å². The molecule has 2 atom stereocenters. The van der Waals surface area contributed by atoms with Gasteiger partial charge in [0.25, 0.3) is 0 Å². The van der Waals surface area contributed by atoms with Crippen molar-refractivity contribution < 1.29 is 13.6 Å². The molecule has 2 aliphatic rings. The average Bonchev–Trinajstić information content (AvgIpc) is 3.01. The first-order valence-electron chi connectivity index (χ1n) is 5.40. The summed E-state index contributed by atoms with van der Waals surface area (Å²) < 4.78 is 19.8. The van der Waals surface area contributed by atoms with Crippen molar-refractivity contribution in [1.82, 2.24) is 5.32 Å². The van der Waals surface area contributed by atoms with Gasteiger partial charge in [0, 0.05) is 16.5 Å². The third kappa shape index (κ3) is 2.59. The lowest BCUT2D eigenvalue weighted by molar-refractivity contribution is -0.118. The standard InChI is InChI=1S/C11H15NO3S/c1-7-6-9(16(14)15)4-5-10(7)11(13)12-8-2-3-8/h4-5,7-8H,2-3,6H2,1H3,(H,12,13)(H,14,15). The van der Waals surface area contributed by atoms with Crippen LogP contribution in [0.15, 0.2) is 22.6 Å². The number of amides is 1. The van der Waals surface area contributed by atoms with E-state index in [0.29, 0.717) is 22.9 Å². The second-order valence-corrected chi connectivity index (χ2v) is 5.38. The van der Waals surface area contributed by atoms with Gasteiger partial charge in [0.2, 0.25) is 5.91 Å². The molecule has 1 fully saturated rings. The van der Waals surface area contributed by atoms with Crippen molar-refractivity contribution in [2.45, 2.75) is 32.2 Å². The number of carbonyl (C=O) groups excluding carboxylic acids is 1. The molecule has 0 spiro atoms. The highest BCUT2D eigenvalue weighted by molar-refractivity contribution is 7.83. The molecule has 0 aromatic rings. The van der Waals surface area contributed by atoms with Crippen LogP contribution in [0.1, 0.15) is 26.2 Å². The van der Waals surface area contributed by atoms with Gasteiger partial charge < -0.3 is 9.87 Å². The van der Waals surface area contributed by atoms with Gasteiger partial charge in [0.15, 0.2) is 11.1 Å². The minimum atomic E-state index is -1.91. The molecular formula is C11H15NO3S. The summed E-state index contributed by atoms with van der Waals surface area (Å²) in [7, 11) is 0. The van der Waals surface area contributed by atoms with Crippen LogP contribution in [0.25, 0.3) is 0 Å². The summed E-state index contributed by atoms with van der Waals surface area (Å²) in [5, 5.41) is 2.92. The molecule has 5 heteroatoms. The fraction of sp³-hybridized carbons (Fsp3) is 0.545. The second-order valence-electron chi connectivity index (χ2n) is 4.36. The van der Waals surface area contributed by atoms with Crippen LogP contribution in [0.5, 0.6) is 0 Å². The fourth-order valence-corrected chi connectivity index (χ4v) is 2.33. The van der Waals surface area contributed by atoms with Crippen LogP contribution in [0.4, 0.5) is 0 Å². The van der Waals surface area contributed by atoms with Crippen LogP contribution in [-0.4, -0.2) is 20.7 Å². The molecule has 0 saturated heterocycles. The molecule has 1 saturated carbocycles. The van der Waals surface area contributed by atoms with Crippen LogP contribution < -0.4 is 5.32 Å². The molecule has 2 N–H and O–H groups in total. The van der Waals surface area contributed by atoms with Gasteiger partial charge in [-0.1, -0.05) is 13.0 Å². The molecule has 0 radical (unpaired) electrons. The van der Waals surface area contributed by atoms with E-state index in [9.17, 15) is 9.00 Å². The largest absolute Gasteiger partial charge is 0.350 e. The SMILES string of the molecule is CC1CC(S(=O)O)=CC=C1C(=O)NC1CC1. The zero-order valence-corrected chi connectivity index (χ0v) is 9.92. The molecule has 16 heavy (non-hydrogen) atoms. The van der Waals surface area contributed by atoms with E-state index in [4.69, 9.17) is 4.55 Å². The predicted octanol–water partition coefficient (Wildman–Crippen LogP) is 1.34. The summed E-state index contributed by atoms with van der Waals surface area (Å²) in [5.41, 5.74) is 0.709. The first-order chi connectivity index (χ1) is 7.58. The molecule has 2 unspecified atom stereocenters. The Kier molecular flexibility index (Phi) is 3.25. The summed E-state index contributed by atoms with van der Waals surface area (Å²) in [6.45, 7) is 1.90. The number of allylic oxidation sites excluding steroid dienone is 3. The Bertz CT molecular complexity index is 396. The number of rotatable bonds is 3. The number of nitrogens with one attached hydrogen (secondary N) is 1. The Hall–Kier alpha value is -0.940. The van der Waals surface area contributed by atoms with Crippen LogP contribution >= 0.6 is 0 Å². The minimum absolute atomic E-state index is 0.00912. The smallest absolute Gasteiger partial charge is 0.247 e. The quantitative estimate of drug-likeness (QED) is 0.733. The van der Waals surface area contributed by atoms with Gasteiger partial charge in [-0.05, 0) is 31.3 Å². The molecule has 2 aliphatic carbocycles. The van der Waals surface area contributed by atoms with Gasteiger partial charge in [-0.15, -0.1) is 0 Å². The molecule has 0 bridgehead atoms. The molecule has 2 rings (SSSR count). The Morgan fingerprint density at radius 2 is 2.19 bits per heavy atom. The van der Waals surface area contributed by atoms with Gasteiger partial charge in [-0.2, -0.15) is 0 Å². The Labute approximate surface area is 97.1 Å². The van der Waals surface area contributed by atoms with Crippen LogP contribution in [0, 0.1) is 5.92 Å². The molecule has 0 aliphatic heterocycles. The van der Waals surface area contributed by atoms with Crippen molar-refractivity contribution >= 4 is 17.0 Å². The fourth-order valence-electron chi connectivity index (χ4n) is 1.75. The van der Waals surface area contributed by atoms with Crippen molar-refractivity contribution in [3.8, 4) is 0 Å². The first-order valence-corrected chi connectivity index (χ1v) is 6.51. The van der Waals surface area contributed by atoms with E-state index in [1.807, 2.05) is 6.92 Å². The molecular weight excluding hydrogens is 226 g/mol. The first kappa shape index (κ1) is 11.5. The van der Waals surface area contributed by atoms with Gasteiger partial charge in [0.05, 0.1) is 0 Å². The maximum atomic E-state index is 11.8. The van der Waals surface area contributed by atoms with Crippen molar-refractivity contribution in [2.24, 2.45) is 5.92 Å². The summed E-state index contributed by atoms with van der Waals surface area (Å²) in [6.07, 6.45) is 5.85. The van der Waals surface area contributed by atoms with E-state index in [0.717, 1.165) is 12.8 Å². The van der Waals surface area contributed by atoms with Crippen molar-refractivity contribution in [3.63, 3.8) is 0 Å². The average molecular weight is 241 g/mol. The van der Waals surface area contributed by atoms with E-state index in [2.05, 4.69) is 5.32 Å². The van der Waals surface area contributed by atoms with E-state index >= 15 is 0 Å². The predicted molar refractivity (Wildman–Crippen MR) is 61.9 cm³/mol. The highest BCUT2D eigenvalue weighted by atomic mass is 32.2. The lowest BCUT2D eigenvalue weighted by Crippen LogP contribution is -2.30. The molecule has 0 aromatic heterocycles. The van der Waals surface area contributed by atoms with Crippen molar-refractivity contribution in [2.75, 3.05) is 0 Å². The molecule has 1 amide bonds. The van der Waals surface area contributed by atoms with Crippen LogP contribution in [-0.2, 0) is 15.9 Å². The monoisotopic (exact) mass is 241 g/mol. The number of carbonyl (C=O) groups is 1. The molecule has 0 aromatic carbocycles. The van der Waals surface area contributed by atoms with Crippen molar-refractivity contribution in [1.29, 1.82) is 0 Å². The maximum absolute atomic E-state index is 11.8. The zero-order chi connectivity index (χ0) is 11.7. The van der Waals surface area contributed by atoms with Gasteiger partial charge in [-0.3, -0.25) is 4.79 Å². The van der Waals surface area contributed by atoms with Crippen LogP contribution in [0.3, 0.4) is 0 Å². The molecule has 0 heterocycles. The third-order valence-electron chi connectivity index (χ3n) is 2.89. The Morgan fingerprint density at radius 3 is 2.69 bits per heavy atom. The Morgan fingerprint density at radius 1 is 1.50 bits per heavy atom. The van der Waals surface area contributed by atoms with E-state index in [1.165, 1.54) is 0 Å². The number of hydrogen-bond acceptors (Lipinski definition) is 2. The topological polar surface area (TPSA) is 66.4 Å². The normalized spacial score (nSPS) is 26.8. The highest BCUT2D eigenvalue weighted by Gasteiger charge is 2.28. The molecule has 4 nitrogen and oxygen atoms in total. The zero-order valence-electron chi connectivity index (χ0n) is 9.10. The highest BCUT2D eigenvalue weighted by Crippen LogP contribution is 2.27.